The molecule has 1 N–H and O–H groups in total. The van der Waals surface area contributed by atoms with Gasteiger partial charge in [0, 0.05) is 0 Å². The molecule has 0 aliphatic carbocycles. The highest BCUT2D eigenvalue weighted by atomic mass is 16.3. The zero-order chi connectivity index (χ0) is 18.4. The van der Waals surface area contributed by atoms with Gasteiger partial charge < -0.3 is 19.1 Å². The minimum Gasteiger partial charge on any atom is -0.467 e. The average Bonchev–Trinajstić information content (AvgIpc) is 3.33. The predicted molar refractivity (Wildman–Crippen MR) is 99.2 cm³/mol. The van der Waals surface area contributed by atoms with Gasteiger partial charge in [-0.1, -0.05) is 44.2 Å². The van der Waals surface area contributed by atoms with Crippen molar-refractivity contribution in [2.45, 2.75) is 33.0 Å². The minimum absolute atomic E-state index is 0.0700. The molecule has 0 aliphatic heterocycles. The molecule has 3 aromatic rings. The van der Waals surface area contributed by atoms with Crippen molar-refractivity contribution in [3.8, 4) is 0 Å². The lowest BCUT2D eigenvalue weighted by Crippen LogP contribution is -2.42. The van der Waals surface area contributed by atoms with Crippen LogP contribution in [0.3, 0.4) is 0 Å². The molecule has 0 saturated carbocycles. The van der Waals surface area contributed by atoms with Gasteiger partial charge in [0.1, 0.15) is 11.5 Å². The number of hydrogen-bond donors (Lipinski definition) is 1. The SMILES string of the molecule is CC(C)C(NC(=O)N(Cc1ccco1)Cc1ccco1)c1ccccc1. The van der Waals surface area contributed by atoms with Gasteiger partial charge in [-0.3, -0.25) is 0 Å². The van der Waals surface area contributed by atoms with Gasteiger partial charge in [-0.15, -0.1) is 0 Å². The van der Waals surface area contributed by atoms with Crippen LogP contribution in [0.15, 0.2) is 76.0 Å². The van der Waals surface area contributed by atoms with Crippen LogP contribution in [-0.2, 0) is 13.1 Å². The molecule has 0 bridgehead atoms. The molecule has 5 heteroatoms. The molecule has 1 unspecified atom stereocenters. The second-order valence-electron chi connectivity index (χ2n) is 6.60. The third-order valence-electron chi connectivity index (χ3n) is 4.25. The van der Waals surface area contributed by atoms with Crippen molar-refractivity contribution in [3.63, 3.8) is 0 Å². The molecule has 0 aliphatic rings. The summed E-state index contributed by atoms with van der Waals surface area (Å²) < 4.78 is 10.8. The lowest BCUT2D eigenvalue weighted by Gasteiger charge is -2.28. The lowest BCUT2D eigenvalue weighted by molar-refractivity contribution is 0.175. The topological polar surface area (TPSA) is 58.6 Å². The number of amides is 2. The highest BCUT2D eigenvalue weighted by Gasteiger charge is 2.23. The van der Waals surface area contributed by atoms with Crippen LogP contribution >= 0.6 is 0 Å². The van der Waals surface area contributed by atoms with E-state index in [0.29, 0.717) is 13.1 Å². The van der Waals surface area contributed by atoms with Crippen LogP contribution in [0.25, 0.3) is 0 Å². The Labute approximate surface area is 153 Å². The number of nitrogens with one attached hydrogen (secondary N) is 1. The summed E-state index contributed by atoms with van der Waals surface area (Å²) in [6.07, 6.45) is 3.22. The maximum Gasteiger partial charge on any atom is 0.318 e. The molecular formula is C21H24N2O3. The molecular weight excluding hydrogens is 328 g/mol. The normalized spacial score (nSPS) is 12.1. The van der Waals surface area contributed by atoms with E-state index in [1.807, 2.05) is 54.6 Å². The molecule has 136 valence electrons. The first-order chi connectivity index (χ1) is 12.6. The Morgan fingerprint density at radius 2 is 1.50 bits per heavy atom. The monoisotopic (exact) mass is 352 g/mol. The minimum atomic E-state index is -0.152. The first-order valence-corrected chi connectivity index (χ1v) is 8.78. The Hall–Kier alpha value is -2.95. The number of hydrogen-bond acceptors (Lipinski definition) is 3. The summed E-state index contributed by atoms with van der Waals surface area (Å²) in [6.45, 7) is 4.95. The highest BCUT2D eigenvalue weighted by molar-refractivity contribution is 5.74. The van der Waals surface area contributed by atoms with Crippen LogP contribution < -0.4 is 5.32 Å². The summed E-state index contributed by atoms with van der Waals surface area (Å²) in [5.74, 6) is 1.72. The summed E-state index contributed by atoms with van der Waals surface area (Å²) in [4.78, 5) is 14.7. The van der Waals surface area contributed by atoms with Crippen molar-refractivity contribution in [1.82, 2.24) is 10.2 Å². The van der Waals surface area contributed by atoms with Crippen LogP contribution in [0.1, 0.15) is 37.0 Å². The summed E-state index contributed by atoms with van der Waals surface area (Å²) >= 11 is 0. The quantitative estimate of drug-likeness (QED) is 0.652. The van der Waals surface area contributed by atoms with Crippen LogP contribution in [0, 0.1) is 5.92 Å². The molecule has 2 heterocycles. The molecule has 0 spiro atoms. The Bertz CT molecular complexity index is 744. The number of carbonyl (C=O) groups excluding carboxylic acids is 1. The molecule has 5 nitrogen and oxygen atoms in total. The third-order valence-corrected chi connectivity index (χ3v) is 4.25. The van der Waals surface area contributed by atoms with E-state index in [-0.39, 0.29) is 18.0 Å². The smallest absolute Gasteiger partial charge is 0.318 e. The fourth-order valence-electron chi connectivity index (χ4n) is 2.90. The second kappa shape index (κ2) is 8.43. The number of urea groups is 1. The standard InChI is InChI=1S/C21H24N2O3/c1-16(2)20(17-8-4-3-5-9-17)22-21(24)23(14-18-10-6-12-25-18)15-19-11-7-13-26-19/h3-13,16,20H,14-15H2,1-2H3,(H,22,24). The maximum atomic E-state index is 13.0. The number of furan rings is 2. The van der Waals surface area contributed by atoms with Gasteiger partial charge in [0.25, 0.3) is 0 Å². The zero-order valence-electron chi connectivity index (χ0n) is 15.1. The van der Waals surface area contributed by atoms with Crippen LogP contribution in [0.5, 0.6) is 0 Å². The summed E-state index contributed by atoms with van der Waals surface area (Å²) in [6, 6.07) is 17.2. The van der Waals surface area contributed by atoms with Gasteiger partial charge in [-0.05, 0) is 35.7 Å². The number of rotatable bonds is 7. The lowest BCUT2D eigenvalue weighted by atomic mass is 9.96. The number of carbonyl (C=O) groups is 1. The molecule has 0 radical (unpaired) electrons. The molecule has 0 saturated heterocycles. The van der Waals surface area contributed by atoms with Crippen molar-refractivity contribution >= 4 is 6.03 Å². The molecule has 1 atom stereocenters. The van der Waals surface area contributed by atoms with Crippen molar-refractivity contribution < 1.29 is 13.6 Å². The van der Waals surface area contributed by atoms with Crippen molar-refractivity contribution in [2.75, 3.05) is 0 Å². The summed E-state index contributed by atoms with van der Waals surface area (Å²) in [7, 11) is 0. The largest absolute Gasteiger partial charge is 0.467 e. The van der Waals surface area contributed by atoms with Gasteiger partial charge >= 0.3 is 6.03 Å². The van der Waals surface area contributed by atoms with Crippen LogP contribution in [-0.4, -0.2) is 10.9 Å². The van der Waals surface area contributed by atoms with E-state index in [1.165, 1.54) is 0 Å². The van der Waals surface area contributed by atoms with Gasteiger partial charge in [0.2, 0.25) is 0 Å². The van der Waals surface area contributed by atoms with Gasteiger partial charge in [-0.25, -0.2) is 4.79 Å². The molecule has 1 aromatic carbocycles. The van der Waals surface area contributed by atoms with Crippen molar-refractivity contribution in [2.24, 2.45) is 5.92 Å². The summed E-state index contributed by atoms with van der Waals surface area (Å²) in [5, 5.41) is 3.16. The first kappa shape index (κ1) is 17.9. The molecule has 3 rings (SSSR count). The summed E-state index contributed by atoms with van der Waals surface area (Å²) in [5.41, 5.74) is 1.09. The fourth-order valence-corrected chi connectivity index (χ4v) is 2.90. The number of benzene rings is 1. The molecule has 26 heavy (non-hydrogen) atoms. The van der Waals surface area contributed by atoms with Gasteiger partial charge in [0.05, 0.1) is 31.7 Å². The van der Waals surface area contributed by atoms with E-state index in [2.05, 4.69) is 19.2 Å². The molecule has 2 amide bonds. The second-order valence-corrected chi connectivity index (χ2v) is 6.60. The number of nitrogens with zero attached hydrogens (tertiary/aromatic N) is 1. The van der Waals surface area contributed by atoms with Crippen LogP contribution in [0.4, 0.5) is 4.79 Å². The first-order valence-electron chi connectivity index (χ1n) is 8.78. The molecule has 2 aromatic heterocycles. The van der Waals surface area contributed by atoms with Crippen LogP contribution in [0.2, 0.25) is 0 Å². The van der Waals surface area contributed by atoms with E-state index in [1.54, 1.807) is 17.4 Å². The van der Waals surface area contributed by atoms with Crippen molar-refractivity contribution in [1.29, 1.82) is 0 Å². The van der Waals surface area contributed by atoms with E-state index in [9.17, 15) is 4.79 Å². The Kier molecular flexibility index (Phi) is 5.79. The van der Waals surface area contributed by atoms with Gasteiger partial charge in [0.15, 0.2) is 0 Å². The Balaban J connectivity index is 1.76. The van der Waals surface area contributed by atoms with Gasteiger partial charge in [-0.2, -0.15) is 0 Å². The fraction of sp³-hybridized carbons (Fsp3) is 0.286. The van der Waals surface area contributed by atoms with E-state index < -0.39 is 0 Å². The third kappa shape index (κ3) is 4.57. The zero-order valence-corrected chi connectivity index (χ0v) is 15.1. The molecule has 0 fully saturated rings. The van der Waals surface area contributed by atoms with E-state index in [0.717, 1.165) is 17.1 Å². The Morgan fingerprint density at radius 3 is 1.96 bits per heavy atom. The maximum absolute atomic E-state index is 13.0. The Morgan fingerprint density at radius 1 is 0.923 bits per heavy atom. The van der Waals surface area contributed by atoms with E-state index in [4.69, 9.17) is 8.83 Å². The predicted octanol–water partition coefficient (Wildman–Crippen LogP) is 4.98. The highest BCUT2D eigenvalue weighted by Crippen LogP contribution is 2.22. The van der Waals surface area contributed by atoms with E-state index >= 15 is 0 Å². The van der Waals surface area contributed by atoms with Crippen molar-refractivity contribution in [3.05, 3.63) is 84.2 Å². The average molecular weight is 352 g/mol.